The van der Waals surface area contributed by atoms with E-state index in [0.29, 0.717) is 63.2 Å². The summed E-state index contributed by atoms with van der Waals surface area (Å²) in [5.41, 5.74) is 15.0. The second-order valence-electron chi connectivity index (χ2n) is 11.3. The third-order valence-electron chi connectivity index (χ3n) is 8.57. The molecule has 46 heavy (non-hydrogen) atoms. The summed E-state index contributed by atoms with van der Waals surface area (Å²) in [5.74, 6) is -1.93. The Morgan fingerprint density at radius 1 is 0.674 bits per heavy atom. The van der Waals surface area contributed by atoms with Crippen LogP contribution in [0, 0.1) is 23.7 Å². The van der Waals surface area contributed by atoms with Gasteiger partial charge in [-0.15, -0.1) is 0 Å². The van der Waals surface area contributed by atoms with Crippen LogP contribution in [0.1, 0.15) is 33.8 Å². The molecule has 14 nitrogen and oxygen atoms in total. The molecule has 2 fully saturated rings. The maximum absolute atomic E-state index is 13.1. The van der Waals surface area contributed by atoms with Crippen molar-refractivity contribution < 1.29 is 47.6 Å². The molecule has 0 unspecified atom stereocenters. The quantitative estimate of drug-likeness (QED) is 0.0723. The number of hydrogen-bond acceptors (Lipinski definition) is 12. The Bertz CT molecular complexity index is 1890. The van der Waals surface area contributed by atoms with Gasteiger partial charge in [-0.3, -0.25) is 19.2 Å². The first-order valence-corrected chi connectivity index (χ1v) is 14.6. The summed E-state index contributed by atoms with van der Waals surface area (Å²) in [6.45, 7) is -0.0936. The minimum Gasteiger partial charge on any atom is -0.493 e. The van der Waals surface area contributed by atoms with Crippen LogP contribution in [0.5, 0.6) is 23.0 Å². The lowest BCUT2D eigenvalue weighted by atomic mass is 10.1. The third-order valence-corrected chi connectivity index (χ3v) is 8.57. The number of aromatic amines is 2. The van der Waals surface area contributed by atoms with Crippen LogP contribution in [0.2, 0.25) is 0 Å². The Labute approximate surface area is 262 Å². The molecule has 2 heterocycles. The third kappa shape index (κ3) is 5.29. The lowest BCUT2D eigenvalue weighted by Crippen LogP contribution is -2.16. The molecule has 0 radical (unpaired) electrons. The lowest BCUT2D eigenvalue weighted by molar-refractivity contribution is -0.146. The molecule has 2 saturated carbocycles. The number of anilines is 2. The van der Waals surface area contributed by atoms with Crippen molar-refractivity contribution in [1.29, 1.82) is 0 Å². The van der Waals surface area contributed by atoms with Crippen LogP contribution in [0.25, 0.3) is 21.8 Å². The molecule has 0 saturated heterocycles. The number of nitrogens with one attached hydrogen (secondary N) is 2. The first-order valence-electron chi connectivity index (χ1n) is 14.6. The van der Waals surface area contributed by atoms with Crippen LogP contribution in [0.4, 0.5) is 11.4 Å². The number of H-pyrrole nitrogens is 2. The van der Waals surface area contributed by atoms with E-state index in [4.69, 9.17) is 39.9 Å². The fourth-order valence-corrected chi connectivity index (χ4v) is 5.91. The van der Waals surface area contributed by atoms with E-state index < -0.39 is 35.6 Å². The summed E-state index contributed by atoms with van der Waals surface area (Å²) < 4.78 is 32.1. The number of nitrogen functional groups attached to an aromatic ring is 2. The van der Waals surface area contributed by atoms with Crippen LogP contribution in [-0.2, 0) is 19.1 Å². The predicted molar refractivity (Wildman–Crippen MR) is 165 cm³/mol. The Morgan fingerprint density at radius 3 is 1.67 bits per heavy atom. The van der Waals surface area contributed by atoms with Gasteiger partial charge in [0.05, 0.1) is 74.1 Å². The van der Waals surface area contributed by atoms with Crippen molar-refractivity contribution in [3.63, 3.8) is 0 Å². The summed E-state index contributed by atoms with van der Waals surface area (Å²) in [4.78, 5) is 56.7. The van der Waals surface area contributed by atoms with Crippen LogP contribution < -0.4 is 30.4 Å². The molecule has 0 bridgehead atoms. The van der Waals surface area contributed by atoms with Gasteiger partial charge >= 0.3 is 11.9 Å². The molecule has 2 aromatic heterocycles. The number of carbonyl (C=O) groups excluding carboxylic acids is 4. The van der Waals surface area contributed by atoms with E-state index in [1.807, 2.05) is 0 Å². The van der Waals surface area contributed by atoms with Crippen LogP contribution >= 0.6 is 0 Å². The molecule has 4 aromatic rings. The second kappa shape index (κ2) is 11.8. The molecular formula is C32H34N4O10. The van der Waals surface area contributed by atoms with Crippen molar-refractivity contribution in [3.05, 3.63) is 35.7 Å². The smallest absolute Gasteiger partial charge is 0.309 e. The van der Waals surface area contributed by atoms with E-state index in [1.54, 1.807) is 24.3 Å². The van der Waals surface area contributed by atoms with Crippen molar-refractivity contribution in [1.82, 2.24) is 9.97 Å². The molecule has 2 aromatic carbocycles. The molecule has 2 aliphatic rings. The first-order chi connectivity index (χ1) is 22.1. The normalized spacial score (nSPS) is 19.8. The summed E-state index contributed by atoms with van der Waals surface area (Å²) in [5, 5.41) is 1.18. The van der Waals surface area contributed by atoms with E-state index in [1.165, 1.54) is 28.4 Å². The average molecular weight is 635 g/mol. The number of rotatable bonds is 13. The van der Waals surface area contributed by atoms with Gasteiger partial charge in [-0.25, -0.2) is 0 Å². The number of hydrogen-bond donors (Lipinski definition) is 4. The van der Waals surface area contributed by atoms with E-state index in [2.05, 4.69) is 9.97 Å². The number of carbonyl (C=O) groups is 4. The second-order valence-corrected chi connectivity index (χ2v) is 11.3. The highest BCUT2D eigenvalue weighted by atomic mass is 16.6. The van der Waals surface area contributed by atoms with Gasteiger partial charge in [-0.1, -0.05) is 0 Å². The SMILES string of the molecule is COC(=O)[C@H]1C[C@H]1C(=O)c1cc2c(N)c(OC)c(OCCOC(=O)[C@@H]3C[C@@H]3C(=O)c3cc4c(N)c(OC)c(OC)cc4[nH]3)cc2[nH]1. The number of methoxy groups -OCH3 is 4. The molecule has 4 atom stereocenters. The van der Waals surface area contributed by atoms with Crippen LogP contribution in [-0.4, -0.2) is 75.1 Å². The van der Waals surface area contributed by atoms with Gasteiger partial charge < -0.3 is 49.9 Å². The minimum atomic E-state index is -0.568. The standard InChI is InChI=1S/C32H34N4O10/c1-41-23-11-19-17(25(33)29(23)42-2)9-22(35-19)28(38)14-8-16(14)32(40)46-6-5-45-24-12-20-18(26(34)30(24)43-3)10-21(36-20)27(37)13-7-15(13)31(39)44-4/h9-16,35-36H,5-8,33-34H2,1-4H3/t13-,14+,15+,16-/m1/s1. The molecule has 0 spiro atoms. The molecule has 0 aliphatic heterocycles. The maximum Gasteiger partial charge on any atom is 0.309 e. The number of nitrogens with two attached hydrogens (primary N) is 2. The van der Waals surface area contributed by atoms with Gasteiger partial charge in [0.1, 0.15) is 13.2 Å². The van der Waals surface area contributed by atoms with Crippen molar-refractivity contribution in [2.45, 2.75) is 12.8 Å². The van der Waals surface area contributed by atoms with Gasteiger partial charge in [-0.2, -0.15) is 0 Å². The summed E-state index contributed by atoms with van der Waals surface area (Å²) >= 11 is 0. The average Bonchev–Trinajstić information content (AvgIpc) is 3.95. The number of ether oxygens (including phenoxy) is 6. The van der Waals surface area contributed by atoms with Gasteiger partial charge in [0.2, 0.25) is 0 Å². The van der Waals surface area contributed by atoms with Crippen LogP contribution in [0.3, 0.4) is 0 Å². The van der Waals surface area contributed by atoms with Gasteiger partial charge in [0, 0.05) is 34.7 Å². The summed E-state index contributed by atoms with van der Waals surface area (Å²) in [6.07, 6.45) is 0.804. The van der Waals surface area contributed by atoms with Crippen LogP contribution in [0.15, 0.2) is 24.3 Å². The zero-order valence-electron chi connectivity index (χ0n) is 25.7. The highest BCUT2D eigenvalue weighted by molar-refractivity contribution is 6.08. The van der Waals surface area contributed by atoms with E-state index in [0.717, 1.165) is 0 Å². The predicted octanol–water partition coefficient (Wildman–Crippen LogP) is 3.27. The van der Waals surface area contributed by atoms with Gasteiger partial charge in [-0.05, 0) is 25.0 Å². The molecule has 2 aliphatic carbocycles. The van der Waals surface area contributed by atoms with E-state index in [-0.39, 0.29) is 42.0 Å². The monoisotopic (exact) mass is 634 g/mol. The Balaban J connectivity index is 1.05. The fraction of sp³-hybridized carbons (Fsp3) is 0.375. The van der Waals surface area contributed by atoms with Crippen molar-refractivity contribution in [2.24, 2.45) is 23.7 Å². The summed E-state index contributed by atoms with van der Waals surface area (Å²) in [7, 11) is 5.71. The number of ketones is 2. The van der Waals surface area contributed by atoms with Crippen molar-refractivity contribution in [3.8, 4) is 23.0 Å². The highest BCUT2D eigenvalue weighted by Gasteiger charge is 2.50. The topological polar surface area (TPSA) is 207 Å². The molecule has 6 N–H and O–H groups in total. The molecule has 14 heteroatoms. The van der Waals surface area contributed by atoms with Crippen molar-refractivity contribution in [2.75, 3.05) is 53.1 Å². The zero-order valence-corrected chi connectivity index (χ0v) is 25.7. The van der Waals surface area contributed by atoms with E-state index in [9.17, 15) is 19.2 Å². The number of aromatic nitrogens is 2. The zero-order chi connectivity index (χ0) is 32.9. The first kappa shape index (κ1) is 30.6. The minimum absolute atomic E-state index is 0.0152. The number of fused-ring (bicyclic) bond motifs is 2. The highest BCUT2D eigenvalue weighted by Crippen LogP contribution is 2.46. The van der Waals surface area contributed by atoms with Gasteiger partial charge in [0.15, 0.2) is 34.6 Å². The molecule has 242 valence electrons. The Kier molecular flexibility index (Phi) is 7.88. The summed E-state index contributed by atoms with van der Waals surface area (Å²) in [6, 6.07) is 6.61. The number of benzene rings is 2. The Morgan fingerprint density at radius 2 is 1.17 bits per heavy atom. The number of Topliss-reactive ketones (excluding diaryl/α,β-unsaturated/α-hetero) is 2. The largest absolute Gasteiger partial charge is 0.493 e. The fourth-order valence-electron chi connectivity index (χ4n) is 5.91. The number of esters is 2. The lowest BCUT2D eigenvalue weighted by Gasteiger charge is -2.13. The molecular weight excluding hydrogens is 600 g/mol. The molecule has 6 rings (SSSR count). The van der Waals surface area contributed by atoms with Gasteiger partial charge in [0.25, 0.3) is 0 Å². The van der Waals surface area contributed by atoms with E-state index >= 15 is 0 Å². The maximum atomic E-state index is 13.1. The van der Waals surface area contributed by atoms with Crippen molar-refractivity contribution >= 4 is 56.7 Å². The Hall–Kier alpha value is -5.40. The molecule has 0 amide bonds.